The molecule has 3 saturated carbocycles. The SMILES string of the molecule is CC1(C(=O)OCC2OC(C3C=C4CCCC(C4)C3)OC2COC(=O)CCC(C=O)C=C2CCCCC2)C=C2CC(CCC2=O)C1. The van der Waals surface area contributed by atoms with Gasteiger partial charge in [0, 0.05) is 24.7 Å². The molecule has 4 fully saturated rings. The summed E-state index contributed by atoms with van der Waals surface area (Å²) in [6.45, 7) is 1.84. The summed E-state index contributed by atoms with van der Waals surface area (Å²) in [6, 6.07) is 0. The molecule has 1 heterocycles. The molecule has 1 aliphatic heterocycles. The number of Topliss-reactive ketones (excluding diaryl/α,β-unsaturated/α-hetero) is 1. The lowest BCUT2D eigenvalue weighted by Crippen LogP contribution is -2.39. The Morgan fingerprint density at radius 3 is 2.51 bits per heavy atom. The lowest BCUT2D eigenvalue weighted by molar-refractivity contribution is -0.159. The Kier molecular flexibility index (Phi) is 10.4. The number of carbonyl (C=O) groups is 4. The van der Waals surface area contributed by atoms with Crippen molar-refractivity contribution >= 4 is 24.0 Å². The second-order valence-corrected chi connectivity index (χ2v) is 14.7. The molecule has 6 rings (SSSR count). The van der Waals surface area contributed by atoms with Crippen molar-refractivity contribution in [2.75, 3.05) is 13.2 Å². The highest BCUT2D eigenvalue weighted by Gasteiger charge is 2.45. The van der Waals surface area contributed by atoms with E-state index in [-0.39, 0.29) is 49.2 Å². The van der Waals surface area contributed by atoms with Gasteiger partial charge in [-0.3, -0.25) is 14.4 Å². The van der Waals surface area contributed by atoms with Crippen LogP contribution in [-0.2, 0) is 38.1 Å². The van der Waals surface area contributed by atoms with E-state index < -0.39 is 23.9 Å². The van der Waals surface area contributed by atoms with Gasteiger partial charge in [0.05, 0.1) is 5.41 Å². The smallest absolute Gasteiger partial charge is 0.315 e. The first-order valence-electron chi connectivity index (χ1n) is 17.5. The van der Waals surface area contributed by atoms with Crippen molar-refractivity contribution in [2.24, 2.45) is 29.1 Å². The van der Waals surface area contributed by atoms with E-state index in [0.717, 1.165) is 69.6 Å². The summed E-state index contributed by atoms with van der Waals surface area (Å²) in [7, 11) is 0. The summed E-state index contributed by atoms with van der Waals surface area (Å²) in [6.07, 6.45) is 20.2. The lowest BCUT2D eigenvalue weighted by atomic mass is 9.67. The van der Waals surface area contributed by atoms with E-state index >= 15 is 0 Å². The number of hydrogen-bond donors (Lipinski definition) is 0. The summed E-state index contributed by atoms with van der Waals surface area (Å²) >= 11 is 0. The number of esters is 2. The number of rotatable bonds is 11. The van der Waals surface area contributed by atoms with Crippen LogP contribution in [0.25, 0.3) is 0 Å². The molecular formula is C37H50O8. The van der Waals surface area contributed by atoms with E-state index in [1.54, 1.807) is 0 Å². The van der Waals surface area contributed by atoms with Crippen LogP contribution < -0.4 is 0 Å². The first-order chi connectivity index (χ1) is 21.8. The van der Waals surface area contributed by atoms with Crippen molar-refractivity contribution in [2.45, 2.75) is 128 Å². The van der Waals surface area contributed by atoms with Crippen LogP contribution in [0.5, 0.6) is 0 Å². The molecule has 0 amide bonds. The van der Waals surface area contributed by atoms with Gasteiger partial charge < -0.3 is 23.7 Å². The highest BCUT2D eigenvalue weighted by molar-refractivity contribution is 5.97. The zero-order valence-corrected chi connectivity index (χ0v) is 26.8. The second kappa shape index (κ2) is 14.5. The van der Waals surface area contributed by atoms with E-state index in [0.29, 0.717) is 31.1 Å². The number of fused-ring (bicyclic) bond motifs is 4. The summed E-state index contributed by atoms with van der Waals surface area (Å²) in [4.78, 5) is 50.3. The van der Waals surface area contributed by atoms with Crippen molar-refractivity contribution in [1.29, 1.82) is 0 Å². The highest BCUT2D eigenvalue weighted by atomic mass is 16.7. The molecule has 8 unspecified atom stereocenters. The molecule has 1 saturated heterocycles. The topological polar surface area (TPSA) is 105 Å². The number of carbonyl (C=O) groups excluding carboxylic acids is 4. The van der Waals surface area contributed by atoms with Crippen LogP contribution in [0.4, 0.5) is 0 Å². The monoisotopic (exact) mass is 622 g/mol. The average Bonchev–Trinajstić information content (AvgIpc) is 3.46. The standard InChI is InChI=1S/C37H50O8/c1-37(19-27-10-12-31(39)30(18-27)20-37)36(41)43-23-33-32(44-35(45-33)29-16-25-8-5-9-26(15-25)17-29)22-42-34(40)13-11-28(21-38)14-24-6-3-2-4-7-24/h14,16,20-21,26-29,32-33,35H,2-13,15,17-19,22-23H2,1H3. The third kappa shape index (κ3) is 8.05. The molecule has 0 N–H and O–H groups in total. The van der Waals surface area contributed by atoms with Gasteiger partial charge in [-0.15, -0.1) is 0 Å². The zero-order valence-electron chi connectivity index (χ0n) is 26.8. The Labute approximate surface area is 267 Å². The number of ketones is 1. The molecule has 0 radical (unpaired) electrons. The summed E-state index contributed by atoms with van der Waals surface area (Å²) in [5.74, 6) is 0.197. The van der Waals surface area contributed by atoms with Gasteiger partial charge in [0.15, 0.2) is 12.1 Å². The quantitative estimate of drug-likeness (QED) is 0.146. The number of allylic oxidation sites excluding steroid dienone is 4. The Morgan fingerprint density at radius 2 is 1.76 bits per heavy atom. The van der Waals surface area contributed by atoms with Gasteiger partial charge in [-0.2, -0.15) is 0 Å². The molecule has 4 bridgehead atoms. The maximum atomic E-state index is 13.4. The van der Waals surface area contributed by atoms with E-state index in [1.807, 2.05) is 19.1 Å². The van der Waals surface area contributed by atoms with Crippen molar-refractivity contribution < 1.29 is 38.1 Å². The van der Waals surface area contributed by atoms with Crippen LogP contribution >= 0.6 is 0 Å². The number of hydrogen-bond acceptors (Lipinski definition) is 8. The average molecular weight is 623 g/mol. The van der Waals surface area contributed by atoms with Crippen molar-refractivity contribution in [3.8, 4) is 0 Å². The van der Waals surface area contributed by atoms with Crippen LogP contribution in [0.2, 0.25) is 0 Å². The second-order valence-electron chi connectivity index (χ2n) is 14.7. The molecule has 8 nitrogen and oxygen atoms in total. The molecule has 0 aromatic heterocycles. The summed E-state index contributed by atoms with van der Waals surface area (Å²) in [5.41, 5.74) is 2.70. The molecule has 8 atom stereocenters. The molecule has 0 aromatic carbocycles. The zero-order chi connectivity index (χ0) is 31.4. The summed E-state index contributed by atoms with van der Waals surface area (Å²) < 4.78 is 24.4. The molecule has 8 heteroatoms. The first-order valence-corrected chi connectivity index (χ1v) is 17.5. The predicted octanol–water partition coefficient (Wildman–Crippen LogP) is 6.51. The molecule has 246 valence electrons. The normalized spacial score (nSPS) is 35.1. The Morgan fingerprint density at radius 1 is 0.978 bits per heavy atom. The van der Waals surface area contributed by atoms with Crippen molar-refractivity contribution in [1.82, 2.24) is 0 Å². The minimum absolute atomic E-state index is 0.00495. The van der Waals surface area contributed by atoms with E-state index in [9.17, 15) is 19.2 Å². The molecule has 6 aliphatic rings. The Balaban J connectivity index is 1.07. The van der Waals surface area contributed by atoms with Crippen molar-refractivity contribution in [3.63, 3.8) is 0 Å². The van der Waals surface area contributed by atoms with Gasteiger partial charge in [-0.25, -0.2) is 0 Å². The molecular weight excluding hydrogens is 572 g/mol. The fourth-order valence-electron chi connectivity index (χ4n) is 8.58. The van der Waals surface area contributed by atoms with E-state index in [2.05, 4.69) is 6.08 Å². The fourth-order valence-corrected chi connectivity index (χ4v) is 8.58. The van der Waals surface area contributed by atoms with Crippen LogP contribution in [0.15, 0.2) is 34.9 Å². The maximum Gasteiger partial charge on any atom is 0.315 e. The number of ether oxygens (including phenoxy) is 4. The van der Waals surface area contributed by atoms with Crippen LogP contribution in [0.3, 0.4) is 0 Å². The van der Waals surface area contributed by atoms with Crippen LogP contribution in [0, 0.1) is 29.1 Å². The molecule has 0 spiro atoms. The van der Waals surface area contributed by atoms with Crippen LogP contribution in [-0.4, -0.2) is 55.7 Å². The number of aldehydes is 1. The van der Waals surface area contributed by atoms with E-state index in [4.69, 9.17) is 18.9 Å². The molecule has 45 heavy (non-hydrogen) atoms. The minimum atomic E-state index is -0.845. The van der Waals surface area contributed by atoms with Gasteiger partial charge in [-0.1, -0.05) is 35.8 Å². The van der Waals surface area contributed by atoms with Crippen LogP contribution in [0.1, 0.15) is 110 Å². The van der Waals surface area contributed by atoms with Crippen molar-refractivity contribution in [3.05, 3.63) is 34.9 Å². The Hall–Kier alpha value is -2.58. The van der Waals surface area contributed by atoms with Gasteiger partial charge in [-0.05, 0) is 108 Å². The predicted molar refractivity (Wildman–Crippen MR) is 167 cm³/mol. The molecule has 5 aliphatic carbocycles. The highest BCUT2D eigenvalue weighted by Crippen LogP contribution is 2.45. The van der Waals surface area contributed by atoms with Gasteiger partial charge in [0.2, 0.25) is 0 Å². The maximum absolute atomic E-state index is 13.4. The van der Waals surface area contributed by atoms with E-state index in [1.165, 1.54) is 30.4 Å². The third-order valence-electron chi connectivity index (χ3n) is 11.0. The fraction of sp³-hybridized carbons (Fsp3) is 0.730. The van der Waals surface area contributed by atoms with Gasteiger partial charge >= 0.3 is 11.9 Å². The Bertz CT molecular complexity index is 1220. The lowest BCUT2D eigenvalue weighted by Gasteiger charge is -2.37. The van der Waals surface area contributed by atoms with Gasteiger partial charge in [0.1, 0.15) is 31.7 Å². The third-order valence-corrected chi connectivity index (χ3v) is 11.0. The first kappa shape index (κ1) is 32.4. The van der Waals surface area contributed by atoms with Gasteiger partial charge in [0.25, 0.3) is 0 Å². The largest absolute Gasteiger partial charge is 0.463 e. The molecule has 0 aromatic rings. The summed E-state index contributed by atoms with van der Waals surface area (Å²) in [5, 5.41) is 0. The minimum Gasteiger partial charge on any atom is -0.463 e.